The first-order chi connectivity index (χ1) is 11.7. The number of halogens is 4. The highest BCUT2D eigenvalue weighted by atomic mass is 32.2. The minimum absolute atomic E-state index is 0.00574. The number of hydrogen-bond donors (Lipinski definition) is 1. The first-order valence-corrected chi connectivity index (χ1v) is 8.05. The molecule has 5 nitrogen and oxygen atoms in total. The van der Waals surface area contributed by atoms with Gasteiger partial charge in [-0.05, 0) is 18.4 Å². The van der Waals surface area contributed by atoms with Gasteiger partial charge < -0.3 is 5.73 Å². The summed E-state index contributed by atoms with van der Waals surface area (Å²) in [5.41, 5.74) is 2.41. The SMILES string of the molecule is CSc1ncc2c(N)cc(=O)n(-c3c(F)cccc3C(F)(F)F)c2n1. The Bertz CT molecular complexity index is 1030. The Morgan fingerprint density at radius 2 is 2.00 bits per heavy atom. The number of thioether (sulfide) groups is 1. The third-order valence-electron chi connectivity index (χ3n) is 3.47. The van der Waals surface area contributed by atoms with Gasteiger partial charge in [-0.15, -0.1) is 0 Å². The molecular formula is C15H10F4N4OS. The standard InChI is InChI=1S/C15H10F4N4OS/c1-25-14-21-6-7-10(20)5-11(24)23(13(7)22-14)12-8(15(17,18)19)3-2-4-9(12)16/h2-6H,20H2,1H3. The van der Waals surface area contributed by atoms with Crippen molar-refractivity contribution in [2.24, 2.45) is 0 Å². The van der Waals surface area contributed by atoms with Crippen LogP contribution in [0.4, 0.5) is 23.2 Å². The highest BCUT2D eigenvalue weighted by Gasteiger charge is 2.36. The lowest BCUT2D eigenvalue weighted by Crippen LogP contribution is -2.24. The monoisotopic (exact) mass is 370 g/mol. The molecule has 0 amide bonds. The summed E-state index contributed by atoms with van der Waals surface area (Å²) in [6.45, 7) is 0. The number of nitrogens with two attached hydrogens (primary N) is 1. The number of hydrogen-bond acceptors (Lipinski definition) is 5. The molecule has 0 aliphatic carbocycles. The molecule has 0 bridgehead atoms. The van der Waals surface area contributed by atoms with Gasteiger partial charge in [-0.2, -0.15) is 13.2 Å². The molecule has 2 aromatic heterocycles. The topological polar surface area (TPSA) is 73.8 Å². The fourth-order valence-corrected chi connectivity index (χ4v) is 2.73. The zero-order valence-corrected chi connectivity index (χ0v) is 13.5. The van der Waals surface area contributed by atoms with Crippen LogP contribution in [0.1, 0.15) is 5.56 Å². The number of pyridine rings is 1. The molecule has 2 N–H and O–H groups in total. The molecule has 25 heavy (non-hydrogen) atoms. The Balaban J connectivity index is 2.51. The van der Waals surface area contributed by atoms with Gasteiger partial charge in [0.25, 0.3) is 5.56 Å². The first-order valence-electron chi connectivity index (χ1n) is 6.82. The van der Waals surface area contributed by atoms with Crippen molar-refractivity contribution < 1.29 is 17.6 Å². The first kappa shape index (κ1) is 17.2. The molecule has 2 heterocycles. The maximum absolute atomic E-state index is 14.3. The number of benzene rings is 1. The Morgan fingerprint density at radius 3 is 2.64 bits per heavy atom. The average Bonchev–Trinajstić information content (AvgIpc) is 2.54. The minimum atomic E-state index is -4.86. The fourth-order valence-electron chi connectivity index (χ4n) is 2.40. The lowest BCUT2D eigenvalue weighted by molar-refractivity contribution is -0.137. The van der Waals surface area contributed by atoms with E-state index in [1.54, 1.807) is 6.26 Å². The Hall–Kier alpha value is -2.62. The maximum Gasteiger partial charge on any atom is 0.418 e. The van der Waals surface area contributed by atoms with Gasteiger partial charge in [0.05, 0.1) is 16.6 Å². The third kappa shape index (κ3) is 2.93. The van der Waals surface area contributed by atoms with E-state index in [2.05, 4.69) is 9.97 Å². The van der Waals surface area contributed by atoms with Crippen molar-refractivity contribution in [3.8, 4) is 5.69 Å². The van der Waals surface area contributed by atoms with Crippen LogP contribution in [0.25, 0.3) is 16.7 Å². The maximum atomic E-state index is 14.3. The molecular weight excluding hydrogens is 360 g/mol. The van der Waals surface area contributed by atoms with Gasteiger partial charge in [0.15, 0.2) is 10.8 Å². The van der Waals surface area contributed by atoms with Crippen LogP contribution in [0.15, 0.2) is 40.4 Å². The van der Waals surface area contributed by atoms with E-state index in [9.17, 15) is 22.4 Å². The van der Waals surface area contributed by atoms with Crippen LogP contribution in [0.3, 0.4) is 0 Å². The fraction of sp³-hybridized carbons (Fsp3) is 0.133. The second-order valence-electron chi connectivity index (χ2n) is 5.00. The number of fused-ring (bicyclic) bond motifs is 1. The van der Waals surface area contributed by atoms with Crippen molar-refractivity contribution in [1.82, 2.24) is 14.5 Å². The Labute approximate surface area is 142 Å². The second kappa shape index (κ2) is 6.03. The van der Waals surface area contributed by atoms with Crippen LogP contribution in [0, 0.1) is 5.82 Å². The summed E-state index contributed by atoms with van der Waals surface area (Å²) in [5.74, 6) is -1.20. The van der Waals surface area contributed by atoms with E-state index in [4.69, 9.17) is 5.73 Å². The molecule has 0 unspecified atom stereocenters. The number of nitrogens with zero attached hydrogens (tertiary/aromatic N) is 3. The molecule has 0 fully saturated rings. The number of nitrogen functional groups attached to an aromatic ring is 1. The summed E-state index contributed by atoms with van der Waals surface area (Å²) in [6.07, 6.45) is -1.92. The van der Waals surface area contributed by atoms with Crippen molar-refractivity contribution in [3.63, 3.8) is 0 Å². The summed E-state index contributed by atoms with van der Waals surface area (Å²) < 4.78 is 54.9. The van der Waals surface area contributed by atoms with Crippen molar-refractivity contribution in [2.75, 3.05) is 12.0 Å². The molecule has 0 saturated heterocycles. The van der Waals surface area contributed by atoms with Crippen LogP contribution in [-0.2, 0) is 6.18 Å². The molecule has 0 atom stereocenters. The number of anilines is 1. The van der Waals surface area contributed by atoms with Crippen molar-refractivity contribution in [3.05, 3.63) is 52.2 Å². The summed E-state index contributed by atoms with van der Waals surface area (Å²) in [5, 5.41) is 0.352. The molecule has 3 rings (SSSR count). The number of alkyl halides is 3. The quantitative estimate of drug-likeness (QED) is 0.426. The van der Waals surface area contributed by atoms with E-state index in [1.807, 2.05) is 0 Å². The van der Waals surface area contributed by atoms with Gasteiger partial charge in [-0.1, -0.05) is 17.8 Å². The molecule has 0 aliphatic rings. The Kier molecular flexibility index (Phi) is 4.15. The molecule has 3 aromatic rings. The minimum Gasteiger partial charge on any atom is -0.398 e. The molecule has 1 aromatic carbocycles. The van der Waals surface area contributed by atoms with E-state index < -0.39 is 28.8 Å². The van der Waals surface area contributed by atoms with E-state index in [0.717, 1.165) is 30.0 Å². The van der Waals surface area contributed by atoms with Gasteiger partial charge in [-0.25, -0.2) is 14.4 Å². The van der Waals surface area contributed by atoms with E-state index in [1.165, 1.54) is 6.20 Å². The van der Waals surface area contributed by atoms with Gasteiger partial charge >= 0.3 is 6.18 Å². The normalized spacial score (nSPS) is 11.9. The van der Waals surface area contributed by atoms with Crippen molar-refractivity contribution in [2.45, 2.75) is 11.3 Å². The summed E-state index contributed by atoms with van der Waals surface area (Å²) in [7, 11) is 0. The highest BCUT2D eigenvalue weighted by Crippen LogP contribution is 2.35. The van der Waals surface area contributed by atoms with Crippen LogP contribution >= 0.6 is 11.8 Å². The molecule has 0 spiro atoms. The van der Waals surface area contributed by atoms with Crippen LogP contribution < -0.4 is 11.3 Å². The Morgan fingerprint density at radius 1 is 1.28 bits per heavy atom. The third-order valence-corrected chi connectivity index (χ3v) is 4.03. The lowest BCUT2D eigenvalue weighted by Gasteiger charge is -2.17. The van der Waals surface area contributed by atoms with Crippen LogP contribution in [0.2, 0.25) is 0 Å². The molecule has 0 aliphatic heterocycles. The van der Waals surface area contributed by atoms with Crippen LogP contribution in [-0.4, -0.2) is 20.8 Å². The average molecular weight is 370 g/mol. The smallest absolute Gasteiger partial charge is 0.398 e. The van der Waals surface area contributed by atoms with Crippen molar-refractivity contribution in [1.29, 1.82) is 0 Å². The lowest BCUT2D eigenvalue weighted by atomic mass is 10.1. The van der Waals surface area contributed by atoms with Crippen molar-refractivity contribution >= 4 is 28.5 Å². The second-order valence-corrected chi connectivity index (χ2v) is 5.77. The number of para-hydroxylation sites is 1. The summed E-state index contributed by atoms with van der Waals surface area (Å²) >= 11 is 1.12. The molecule has 0 saturated carbocycles. The number of rotatable bonds is 2. The zero-order chi connectivity index (χ0) is 18.4. The predicted octanol–water partition coefficient (Wildman–Crippen LogP) is 3.24. The van der Waals surface area contributed by atoms with Crippen LogP contribution in [0.5, 0.6) is 0 Å². The summed E-state index contributed by atoms with van der Waals surface area (Å²) in [4.78, 5) is 20.4. The highest BCUT2D eigenvalue weighted by molar-refractivity contribution is 7.98. The summed E-state index contributed by atoms with van der Waals surface area (Å²) in [6, 6.07) is 3.38. The van der Waals surface area contributed by atoms with Gasteiger partial charge in [-0.3, -0.25) is 9.36 Å². The molecule has 130 valence electrons. The largest absolute Gasteiger partial charge is 0.418 e. The van der Waals surface area contributed by atoms with Gasteiger partial charge in [0.2, 0.25) is 0 Å². The van der Waals surface area contributed by atoms with Gasteiger partial charge in [0, 0.05) is 18.0 Å². The van der Waals surface area contributed by atoms with E-state index >= 15 is 0 Å². The molecule has 10 heteroatoms. The van der Waals surface area contributed by atoms with E-state index in [0.29, 0.717) is 10.6 Å². The number of aromatic nitrogens is 3. The molecule has 0 radical (unpaired) electrons. The van der Waals surface area contributed by atoms with Gasteiger partial charge in [0.1, 0.15) is 5.82 Å². The van der Waals surface area contributed by atoms with E-state index in [-0.39, 0.29) is 21.9 Å². The zero-order valence-electron chi connectivity index (χ0n) is 12.6. The predicted molar refractivity (Wildman–Crippen MR) is 86.3 cm³/mol.